The molecule has 5 atom stereocenters. The van der Waals surface area contributed by atoms with Crippen LogP contribution in [-0.4, -0.2) is 28.2 Å². The van der Waals surface area contributed by atoms with Crippen molar-refractivity contribution in [3.8, 4) is 11.8 Å². The van der Waals surface area contributed by atoms with Crippen molar-refractivity contribution in [2.24, 2.45) is 23.7 Å². The molecule has 3 rings (SSSR count). The van der Waals surface area contributed by atoms with Gasteiger partial charge in [0.1, 0.15) is 11.9 Å². The van der Waals surface area contributed by atoms with Crippen LogP contribution >= 0.6 is 0 Å². The van der Waals surface area contributed by atoms with Crippen LogP contribution < -0.4 is 0 Å². The number of hydrogen-bond donors (Lipinski definition) is 2. The van der Waals surface area contributed by atoms with E-state index in [9.17, 15) is 15.0 Å². The van der Waals surface area contributed by atoms with Gasteiger partial charge in [0.2, 0.25) is 0 Å². The van der Waals surface area contributed by atoms with Crippen LogP contribution in [0.5, 0.6) is 0 Å². The number of hydrogen-bond acceptors (Lipinski definition) is 3. The lowest BCUT2D eigenvalue weighted by atomic mass is 9.59. The summed E-state index contributed by atoms with van der Waals surface area (Å²) in [5.74, 6) is 7.00. The average molecular weight is 276 g/mol. The highest BCUT2D eigenvalue weighted by Crippen LogP contribution is 2.45. The summed E-state index contributed by atoms with van der Waals surface area (Å²) in [6.07, 6.45) is 6.85. The average Bonchev–Trinajstić information content (AvgIpc) is 2.46. The number of carbonyl (C=O) groups is 1. The molecule has 0 radical (unpaired) electrons. The molecule has 0 aromatic rings. The first-order valence-corrected chi connectivity index (χ1v) is 8.06. The monoisotopic (exact) mass is 276 g/mol. The molecular formula is C17H24O3. The normalized spacial score (nSPS) is 39.2. The molecule has 3 aliphatic carbocycles. The Morgan fingerprint density at radius 2 is 1.85 bits per heavy atom. The maximum atomic E-state index is 11.5. The Labute approximate surface area is 120 Å². The fraction of sp³-hybridized carbons (Fsp3) is 0.824. The largest absolute Gasteiger partial charge is 0.392 e. The molecule has 0 aromatic heterocycles. The van der Waals surface area contributed by atoms with E-state index in [0.29, 0.717) is 24.5 Å². The zero-order valence-electron chi connectivity index (χ0n) is 11.9. The van der Waals surface area contributed by atoms with Gasteiger partial charge in [-0.1, -0.05) is 31.1 Å². The summed E-state index contributed by atoms with van der Waals surface area (Å²) in [5.41, 5.74) is 0. The van der Waals surface area contributed by atoms with Crippen molar-refractivity contribution in [1.29, 1.82) is 0 Å². The lowest BCUT2D eigenvalue weighted by molar-refractivity contribution is -0.141. The molecule has 0 aromatic carbocycles. The van der Waals surface area contributed by atoms with Crippen molar-refractivity contribution < 1.29 is 15.0 Å². The summed E-state index contributed by atoms with van der Waals surface area (Å²) >= 11 is 0. The van der Waals surface area contributed by atoms with Crippen LogP contribution in [0, 0.1) is 35.5 Å². The molecule has 0 amide bonds. The number of Topliss-reactive ketones (excluding diaryl/α,β-unsaturated/α-hetero) is 1. The van der Waals surface area contributed by atoms with Crippen molar-refractivity contribution in [2.45, 2.75) is 63.6 Å². The number of aliphatic hydroxyl groups is 2. The molecule has 3 nitrogen and oxygen atoms in total. The Balaban J connectivity index is 1.63. The van der Waals surface area contributed by atoms with Gasteiger partial charge < -0.3 is 10.2 Å². The van der Waals surface area contributed by atoms with E-state index in [2.05, 4.69) is 11.8 Å². The summed E-state index contributed by atoms with van der Waals surface area (Å²) in [7, 11) is 0. The fourth-order valence-corrected chi connectivity index (χ4v) is 4.12. The van der Waals surface area contributed by atoms with Crippen LogP contribution in [0.2, 0.25) is 0 Å². The second-order valence-electron chi connectivity index (χ2n) is 6.74. The number of ketones is 1. The summed E-state index contributed by atoms with van der Waals surface area (Å²) < 4.78 is 0. The minimum atomic E-state index is -0.557. The minimum Gasteiger partial charge on any atom is -0.392 e. The van der Waals surface area contributed by atoms with Gasteiger partial charge in [-0.2, -0.15) is 0 Å². The van der Waals surface area contributed by atoms with Gasteiger partial charge in [0.05, 0.1) is 12.0 Å². The molecule has 110 valence electrons. The van der Waals surface area contributed by atoms with Gasteiger partial charge in [0.15, 0.2) is 0 Å². The van der Waals surface area contributed by atoms with Crippen LogP contribution in [0.3, 0.4) is 0 Å². The van der Waals surface area contributed by atoms with Gasteiger partial charge in [0, 0.05) is 12.3 Å². The number of aliphatic hydroxyl groups excluding tert-OH is 2. The van der Waals surface area contributed by atoms with E-state index in [1.165, 1.54) is 19.3 Å². The standard InChI is InChI=1S/C17H24O3/c18-15(11-4-2-1-3-5-11)8-6-12-14-10-17(20)13(14)7-9-16(12)19/h11-16,18-19H,1-5,7,9-10H2/t12-,13+,14-,15-,16-/m1/s1. The molecule has 0 unspecified atom stereocenters. The second-order valence-corrected chi connectivity index (χ2v) is 6.74. The van der Waals surface area contributed by atoms with Gasteiger partial charge >= 0.3 is 0 Å². The number of carbonyl (C=O) groups excluding carboxylic acids is 1. The number of rotatable bonds is 1. The third kappa shape index (κ3) is 2.64. The smallest absolute Gasteiger partial charge is 0.136 e. The third-order valence-electron chi connectivity index (χ3n) is 5.51. The lowest BCUT2D eigenvalue weighted by Crippen LogP contribution is -2.49. The van der Waals surface area contributed by atoms with Crippen molar-refractivity contribution in [1.82, 2.24) is 0 Å². The molecule has 20 heavy (non-hydrogen) atoms. The maximum Gasteiger partial charge on any atom is 0.136 e. The van der Waals surface area contributed by atoms with Gasteiger partial charge in [0.25, 0.3) is 0 Å². The van der Waals surface area contributed by atoms with E-state index in [4.69, 9.17) is 0 Å². The predicted molar refractivity (Wildman–Crippen MR) is 75.7 cm³/mol. The molecule has 3 aliphatic rings. The van der Waals surface area contributed by atoms with Crippen molar-refractivity contribution in [3.63, 3.8) is 0 Å². The number of fused-ring (bicyclic) bond motifs is 1. The molecule has 3 heteroatoms. The van der Waals surface area contributed by atoms with Gasteiger partial charge in [-0.15, -0.1) is 0 Å². The Kier molecular flexibility index (Phi) is 4.14. The Morgan fingerprint density at radius 1 is 1.10 bits per heavy atom. The maximum absolute atomic E-state index is 11.5. The van der Waals surface area contributed by atoms with Crippen LogP contribution in [-0.2, 0) is 4.79 Å². The summed E-state index contributed by atoms with van der Waals surface area (Å²) in [6.45, 7) is 0. The third-order valence-corrected chi connectivity index (χ3v) is 5.51. The van der Waals surface area contributed by atoms with Crippen LogP contribution in [0.15, 0.2) is 0 Å². The topological polar surface area (TPSA) is 57.5 Å². The first-order valence-electron chi connectivity index (χ1n) is 8.06. The molecule has 0 spiro atoms. The summed E-state index contributed by atoms with van der Waals surface area (Å²) in [5, 5.41) is 20.3. The molecule has 2 N–H and O–H groups in total. The molecule has 0 bridgehead atoms. The van der Waals surface area contributed by atoms with E-state index in [0.717, 1.165) is 19.3 Å². The fourth-order valence-electron chi connectivity index (χ4n) is 4.12. The van der Waals surface area contributed by atoms with Gasteiger partial charge in [-0.25, -0.2) is 0 Å². The highest BCUT2D eigenvalue weighted by atomic mass is 16.3. The molecule has 3 saturated carbocycles. The second kappa shape index (κ2) is 5.87. The molecule has 0 aliphatic heterocycles. The van der Waals surface area contributed by atoms with E-state index < -0.39 is 12.2 Å². The quantitative estimate of drug-likeness (QED) is 0.719. The SMILES string of the molecule is O=C1C[C@@H]2[C@@H](C#C[C@@H](O)C3CCCCC3)[C@H](O)CC[C@H]12. The Bertz CT molecular complexity index is 427. The molecule has 0 heterocycles. The molecule has 3 fully saturated rings. The van der Waals surface area contributed by atoms with Crippen LogP contribution in [0.1, 0.15) is 51.4 Å². The first kappa shape index (κ1) is 14.1. The van der Waals surface area contributed by atoms with E-state index >= 15 is 0 Å². The molecule has 0 saturated heterocycles. The minimum absolute atomic E-state index is 0.107. The first-order chi connectivity index (χ1) is 9.66. The van der Waals surface area contributed by atoms with E-state index in [1.54, 1.807) is 0 Å². The Morgan fingerprint density at radius 3 is 2.55 bits per heavy atom. The van der Waals surface area contributed by atoms with Crippen molar-refractivity contribution in [3.05, 3.63) is 0 Å². The summed E-state index contributed by atoms with van der Waals surface area (Å²) in [6, 6.07) is 0. The highest BCUT2D eigenvalue weighted by Gasteiger charge is 2.48. The van der Waals surface area contributed by atoms with Gasteiger partial charge in [-0.3, -0.25) is 4.79 Å². The van der Waals surface area contributed by atoms with Gasteiger partial charge in [-0.05, 0) is 37.5 Å². The van der Waals surface area contributed by atoms with Crippen LogP contribution in [0.25, 0.3) is 0 Å². The zero-order chi connectivity index (χ0) is 14.1. The molecular weight excluding hydrogens is 252 g/mol. The van der Waals surface area contributed by atoms with Crippen molar-refractivity contribution in [2.75, 3.05) is 0 Å². The predicted octanol–water partition coefficient (Wildman–Crippen LogP) is 1.91. The zero-order valence-corrected chi connectivity index (χ0v) is 11.9. The van der Waals surface area contributed by atoms with E-state index in [1.807, 2.05) is 0 Å². The Hall–Kier alpha value is -0.850. The summed E-state index contributed by atoms with van der Waals surface area (Å²) in [4.78, 5) is 11.5. The highest BCUT2D eigenvalue weighted by molar-refractivity contribution is 5.87. The van der Waals surface area contributed by atoms with Crippen LogP contribution in [0.4, 0.5) is 0 Å². The van der Waals surface area contributed by atoms with Crippen molar-refractivity contribution >= 4 is 5.78 Å². The van der Waals surface area contributed by atoms with E-state index in [-0.39, 0.29) is 17.8 Å². The lowest BCUT2D eigenvalue weighted by Gasteiger charge is -2.44.